The molecule has 0 aromatic rings. The van der Waals surface area contributed by atoms with Gasteiger partial charge in [0.15, 0.2) is 0 Å². The number of carbonyl (C=O) groups excluding carboxylic acids is 3. The molecule has 6 atom stereocenters. The van der Waals surface area contributed by atoms with Crippen molar-refractivity contribution in [3.8, 4) is 0 Å². The van der Waals surface area contributed by atoms with Gasteiger partial charge in [-0.05, 0) is 25.5 Å². The van der Waals surface area contributed by atoms with E-state index in [0.29, 0.717) is 12.8 Å². The maximum Gasteiger partial charge on any atom is 0.334 e. The molecule has 0 amide bonds. The van der Waals surface area contributed by atoms with Crippen molar-refractivity contribution in [1.82, 2.24) is 0 Å². The van der Waals surface area contributed by atoms with Crippen molar-refractivity contribution in [2.24, 2.45) is 5.92 Å². The van der Waals surface area contributed by atoms with Gasteiger partial charge in [-0.3, -0.25) is 9.59 Å². The van der Waals surface area contributed by atoms with Gasteiger partial charge in [-0.1, -0.05) is 6.58 Å². The van der Waals surface area contributed by atoms with E-state index in [2.05, 4.69) is 6.58 Å². The Balaban J connectivity index is 1.99. The maximum absolute atomic E-state index is 12.1. The number of carbonyl (C=O) groups is 3. The fourth-order valence-electron chi connectivity index (χ4n) is 3.89. The van der Waals surface area contributed by atoms with Crippen molar-refractivity contribution in [2.75, 3.05) is 0 Å². The van der Waals surface area contributed by atoms with Crippen LogP contribution in [0.5, 0.6) is 0 Å². The Morgan fingerprint density at radius 3 is 2.54 bits per heavy atom. The molecule has 2 saturated heterocycles. The van der Waals surface area contributed by atoms with Gasteiger partial charge in [0.2, 0.25) is 0 Å². The van der Waals surface area contributed by atoms with Gasteiger partial charge in [-0.25, -0.2) is 4.79 Å². The van der Waals surface area contributed by atoms with Crippen LogP contribution in [0.2, 0.25) is 0 Å². The minimum absolute atomic E-state index is 0.129. The first kappa shape index (κ1) is 18.6. The predicted molar refractivity (Wildman–Crippen MR) is 89.9 cm³/mol. The molecule has 2 fully saturated rings. The van der Waals surface area contributed by atoms with E-state index in [1.54, 1.807) is 6.08 Å². The highest BCUT2D eigenvalue weighted by Crippen LogP contribution is 2.48. The average Bonchev–Trinajstić information content (AvgIpc) is 3.03. The first-order valence-corrected chi connectivity index (χ1v) is 8.71. The minimum atomic E-state index is -0.628. The van der Waals surface area contributed by atoms with Gasteiger partial charge in [0, 0.05) is 32.3 Å². The Hall–Kier alpha value is -2.15. The molecule has 0 aromatic heterocycles. The number of hydrogen-bond donors (Lipinski definition) is 0. The molecule has 7 nitrogen and oxygen atoms in total. The smallest absolute Gasteiger partial charge is 0.334 e. The van der Waals surface area contributed by atoms with E-state index in [9.17, 15) is 14.4 Å². The number of fused-ring (bicyclic) bond motifs is 2. The lowest BCUT2D eigenvalue weighted by atomic mass is 9.82. The molecule has 3 rings (SSSR count). The molecule has 3 aliphatic rings. The predicted octanol–water partition coefficient (Wildman–Crippen LogP) is 1.85. The second-order valence-corrected chi connectivity index (χ2v) is 7.44. The normalized spacial score (nSPS) is 39.1. The lowest BCUT2D eigenvalue weighted by Gasteiger charge is -2.29. The maximum atomic E-state index is 12.1. The van der Waals surface area contributed by atoms with E-state index >= 15 is 0 Å². The fourth-order valence-corrected chi connectivity index (χ4v) is 3.89. The van der Waals surface area contributed by atoms with Crippen LogP contribution in [0.4, 0.5) is 0 Å². The molecule has 0 saturated carbocycles. The average molecular weight is 364 g/mol. The van der Waals surface area contributed by atoms with Crippen molar-refractivity contribution < 1.29 is 33.3 Å². The van der Waals surface area contributed by atoms with E-state index in [0.717, 1.165) is 5.57 Å². The van der Waals surface area contributed by atoms with Gasteiger partial charge in [-0.15, -0.1) is 0 Å². The van der Waals surface area contributed by atoms with Gasteiger partial charge in [0.05, 0.1) is 17.6 Å². The van der Waals surface area contributed by atoms with Crippen LogP contribution in [0.1, 0.15) is 40.5 Å². The van der Waals surface area contributed by atoms with Gasteiger partial charge in [-0.2, -0.15) is 0 Å². The molecule has 2 aliphatic heterocycles. The lowest BCUT2D eigenvalue weighted by molar-refractivity contribution is -0.151. The van der Waals surface area contributed by atoms with E-state index in [1.807, 2.05) is 13.8 Å². The summed E-state index contributed by atoms with van der Waals surface area (Å²) < 4.78 is 22.2. The minimum Gasteiger partial charge on any atom is -0.462 e. The zero-order valence-corrected chi connectivity index (χ0v) is 15.4. The van der Waals surface area contributed by atoms with Crippen LogP contribution in [0, 0.1) is 5.92 Å². The molecule has 7 heteroatoms. The van der Waals surface area contributed by atoms with E-state index in [4.69, 9.17) is 18.9 Å². The van der Waals surface area contributed by atoms with Gasteiger partial charge < -0.3 is 18.9 Å². The zero-order valence-electron chi connectivity index (χ0n) is 15.4. The number of epoxide rings is 1. The Kier molecular flexibility index (Phi) is 4.69. The summed E-state index contributed by atoms with van der Waals surface area (Å²) in [5.74, 6) is -1.83. The number of rotatable bonds is 2. The van der Waals surface area contributed by atoms with Crippen LogP contribution >= 0.6 is 0 Å². The number of ether oxygens (including phenoxy) is 4. The molecule has 26 heavy (non-hydrogen) atoms. The molecule has 6 unspecified atom stereocenters. The van der Waals surface area contributed by atoms with Crippen molar-refractivity contribution in [1.29, 1.82) is 0 Å². The van der Waals surface area contributed by atoms with Crippen LogP contribution in [-0.2, 0) is 33.3 Å². The van der Waals surface area contributed by atoms with Crippen molar-refractivity contribution in [3.63, 3.8) is 0 Å². The third kappa shape index (κ3) is 3.53. The standard InChI is InChI=1S/C19H24O7/c1-9-6-14-17(10(2)18(22)25-14)15(24-12(4)21)8-19(5)16(26-19)7-13(9)23-11(3)20/h6,13-17H,2,7-8H2,1,3-5H3. The third-order valence-electron chi connectivity index (χ3n) is 5.29. The molecule has 2 heterocycles. The molecule has 0 bridgehead atoms. The molecule has 142 valence electrons. The SMILES string of the molecule is C=C1C(=O)OC2C=C(C)C(OC(C)=O)CC3OC3(C)CC(OC(C)=O)C12. The Bertz CT molecular complexity index is 694. The van der Waals surface area contributed by atoms with Gasteiger partial charge in [0.1, 0.15) is 18.3 Å². The van der Waals surface area contributed by atoms with E-state index in [-0.39, 0.29) is 17.6 Å². The summed E-state index contributed by atoms with van der Waals surface area (Å²) in [5, 5.41) is 0. The number of esters is 3. The molecule has 0 spiro atoms. The lowest BCUT2D eigenvalue weighted by Crippen LogP contribution is -2.37. The molecule has 0 radical (unpaired) electrons. The molecule has 0 N–H and O–H groups in total. The molecule has 0 aromatic carbocycles. The van der Waals surface area contributed by atoms with Crippen LogP contribution in [0.15, 0.2) is 23.8 Å². The van der Waals surface area contributed by atoms with E-state index < -0.39 is 41.8 Å². The monoisotopic (exact) mass is 364 g/mol. The first-order valence-electron chi connectivity index (χ1n) is 8.71. The summed E-state index contributed by atoms with van der Waals surface area (Å²) in [6.07, 6.45) is 0.868. The van der Waals surface area contributed by atoms with Crippen molar-refractivity contribution in [3.05, 3.63) is 23.8 Å². The first-order chi connectivity index (χ1) is 12.1. The summed E-state index contributed by atoms with van der Waals surface area (Å²) >= 11 is 0. The van der Waals surface area contributed by atoms with Gasteiger partial charge >= 0.3 is 17.9 Å². The Morgan fingerprint density at radius 1 is 1.27 bits per heavy atom. The summed E-state index contributed by atoms with van der Waals surface area (Å²) in [7, 11) is 0. The highest BCUT2D eigenvalue weighted by molar-refractivity contribution is 5.91. The summed E-state index contributed by atoms with van der Waals surface area (Å²) in [6, 6.07) is 0. The Morgan fingerprint density at radius 2 is 1.92 bits per heavy atom. The highest BCUT2D eigenvalue weighted by atomic mass is 16.6. The quantitative estimate of drug-likeness (QED) is 0.243. The molecular weight excluding hydrogens is 340 g/mol. The highest BCUT2D eigenvalue weighted by Gasteiger charge is 2.58. The zero-order chi connectivity index (χ0) is 19.2. The summed E-state index contributed by atoms with van der Waals surface area (Å²) in [4.78, 5) is 35.2. The largest absolute Gasteiger partial charge is 0.462 e. The molecular formula is C19H24O7. The van der Waals surface area contributed by atoms with Gasteiger partial charge in [0.25, 0.3) is 0 Å². The molecule has 1 aliphatic carbocycles. The van der Waals surface area contributed by atoms with Crippen LogP contribution < -0.4 is 0 Å². The Labute approximate surface area is 152 Å². The second-order valence-electron chi connectivity index (χ2n) is 7.44. The second kappa shape index (κ2) is 6.54. The number of hydrogen-bond acceptors (Lipinski definition) is 7. The van der Waals surface area contributed by atoms with Crippen molar-refractivity contribution in [2.45, 2.75) is 70.6 Å². The fraction of sp³-hybridized carbons (Fsp3) is 0.632. The topological polar surface area (TPSA) is 91.4 Å². The van der Waals surface area contributed by atoms with Crippen LogP contribution in [-0.4, -0.2) is 47.9 Å². The van der Waals surface area contributed by atoms with Crippen LogP contribution in [0.25, 0.3) is 0 Å². The van der Waals surface area contributed by atoms with E-state index in [1.165, 1.54) is 13.8 Å². The summed E-state index contributed by atoms with van der Waals surface area (Å²) in [5.41, 5.74) is 0.516. The summed E-state index contributed by atoms with van der Waals surface area (Å²) in [6.45, 7) is 10.3. The van der Waals surface area contributed by atoms with Crippen molar-refractivity contribution >= 4 is 17.9 Å². The third-order valence-corrected chi connectivity index (χ3v) is 5.29. The van der Waals surface area contributed by atoms with Crippen LogP contribution in [0.3, 0.4) is 0 Å².